The summed E-state index contributed by atoms with van der Waals surface area (Å²) in [6, 6.07) is 4.05. The van der Waals surface area contributed by atoms with E-state index >= 15 is 0 Å². The van der Waals surface area contributed by atoms with Crippen molar-refractivity contribution in [3.8, 4) is 10.4 Å². The maximum absolute atomic E-state index is 13.5. The summed E-state index contributed by atoms with van der Waals surface area (Å²) in [5.74, 6) is -0.562. The molecule has 1 saturated heterocycles. The van der Waals surface area contributed by atoms with Crippen molar-refractivity contribution in [3.05, 3.63) is 39.2 Å². The second kappa shape index (κ2) is 5.88. The number of aryl methyl sites for hydroxylation is 1. The second-order valence-corrected chi connectivity index (χ2v) is 8.56. The van der Waals surface area contributed by atoms with Crippen LogP contribution >= 0.6 is 27.3 Å². The van der Waals surface area contributed by atoms with Crippen molar-refractivity contribution >= 4 is 39.1 Å². The molecule has 1 aromatic heterocycles. The van der Waals surface area contributed by atoms with Gasteiger partial charge in [-0.25, -0.2) is 9.37 Å². The van der Waals surface area contributed by atoms with E-state index in [0.717, 1.165) is 11.4 Å². The van der Waals surface area contributed by atoms with Gasteiger partial charge in [0, 0.05) is 6.54 Å². The maximum Gasteiger partial charge on any atom is 0.274 e. The summed E-state index contributed by atoms with van der Waals surface area (Å²) >= 11 is 4.55. The first kappa shape index (κ1) is 16.7. The normalized spacial score (nSPS) is 24.3. The summed E-state index contributed by atoms with van der Waals surface area (Å²) in [6.45, 7) is 2.36. The number of nitrogens with two attached hydrogens (primary N) is 1. The highest BCUT2D eigenvalue weighted by Crippen LogP contribution is 2.50. The lowest BCUT2D eigenvalue weighted by Gasteiger charge is -2.24. The highest BCUT2D eigenvalue weighted by atomic mass is 79.9. The number of nitrogens with zero attached hydrogens (tertiary/aromatic N) is 2. The lowest BCUT2D eigenvalue weighted by molar-refractivity contribution is -0.122. The average molecular weight is 424 g/mol. The lowest BCUT2D eigenvalue weighted by atomic mass is 10.1. The standard InChI is InChI=1S/C17H15BrFN3O2S/c1-7-21-13(15(25-7)8-2-3-12(19)11(18)5-8)17(24)22-6-9-4-10(9)14(22)16(20)23/h2-3,5,9-10,14H,4,6H2,1H3,(H2,20,23)/t9-,10-,14-/m0/s1. The highest BCUT2D eigenvalue weighted by Gasteiger charge is 2.56. The molecule has 2 heterocycles. The number of likely N-dealkylation sites (tertiary alicyclic amines) is 1. The number of benzene rings is 1. The molecule has 2 N–H and O–H groups in total. The molecule has 2 aliphatic rings. The van der Waals surface area contributed by atoms with Crippen LogP contribution in [-0.2, 0) is 4.79 Å². The number of halogens is 2. The summed E-state index contributed by atoms with van der Waals surface area (Å²) in [6.07, 6.45) is 0.950. The topological polar surface area (TPSA) is 76.3 Å². The first-order chi connectivity index (χ1) is 11.9. The van der Waals surface area contributed by atoms with E-state index in [-0.39, 0.29) is 17.6 Å². The van der Waals surface area contributed by atoms with Crippen LogP contribution in [0.4, 0.5) is 4.39 Å². The highest BCUT2D eigenvalue weighted by molar-refractivity contribution is 9.10. The van der Waals surface area contributed by atoms with Gasteiger partial charge in [-0.05, 0) is 58.8 Å². The third-order valence-electron chi connectivity index (χ3n) is 4.82. The van der Waals surface area contributed by atoms with Gasteiger partial charge in [0.1, 0.15) is 17.6 Å². The van der Waals surface area contributed by atoms with Crippen LogP contribution in [0, 0.1) is 24.6 Å². The van der Waals surface area contributed by atoms with Crippen LogP contribution in [0.1, 0.15) is 21.9 Å². The molecule has 0 unspecified atom stereocenters. The van der Waals surface area contributed by atoms with E-state index in [1.54, 1.807) is 17.0 Å². The molecule has 1 aliphatic heterocycles. The van der Waals surface area contributed by atoms with Crippen LogP contribution in [0.3, 0.4) is 0 Å². The van der Waals surface area contributed by atoms with Crippen molar-refractivity contribution in [3.63, 3.8) is 0 Å². The Hall–Kier alpha value is -1.80. The fourth-order valence-electron chi connectivity index (χ4n) is 3.58. The number of carbonyl (C=O) groups is 2. The minimum atomic E-state index is -0.549. The zero-order valence-corrected chi connectivity index (χ0v) is 15.7. The van der Waals surface area contributed by atoms with E-state index in [1.807, 2.05) is 6.92 Å². The van der Waals surface area contributed by atoms with E-state index in [2.05, 4.69) is 20.9 Å². The van der Waals surface area contributed by atoms with E-state index in [1.165, 1.54) is 17.4 Å². The average Bonchev–Trinajstić information content (AvgIpc) is 3.03. The number of hydrogen-bond donors (Lipinski definition) is 1. The van der Waals surface area contributed by atoms with Gasteiger partial charge in [0.15, 0.2) is 0 Å². The molecule has 0 spiro atoms. The predicted molar refractivity (Wildman–Crippen MR) is 95.6 cm³/mol. The molecule has 2 aromatic rings. The first-order valence-corrected chi connectivity index (χ1v) is 9.51. The minimum Gasteiger partial charge on any atom is -0.368 e. The SMILES string of the molecule is Cc1nc(C(=O)N2C[C@@H]3C[C@@H]3[C@H]2C(N)=O)c(-c2ccc(F)c(Br)c2)s1. The number of thiazole rings is 1. The molecular weight excluding hydrogens is 409 g/mol. The molecule has 2 amide bonds. The molecule has 1 aliphatic carbocycles. The van der Waals surface area contributed by atoms with Gasteiger partial charge in [0.25, 0.3) is 5.91 Å². The van der Waals surface area contributed by atoms with Crippen molar-refractivity contribution in [2.24, 2.45) is 17.6 Å². The Morgan fingerprint density at radius 1 is 1.44 bits per heavy atom. The molecule has 0 radical (unpaired) electrons. The fraction of sp³-hybridized carbons (Fsp3) is 0.353. The van der Waals surface area contributed by atoms with Crippen LogP contribution in [-0.4, -0.2) is 34.3 Å². The van der Waals surface area contributed by atoms with Crippen LogP contribution in [0.2, 0.25) is 0 Å². The summed E-state index contributed by atoms with van der Waals surface area (Å²) < 4.78 is 13.9. The molecule has 4 rings (SSSR count). The number of piperidine rings is 1. The third-order valence-corrected chi connectivity index (χ3v) is 6.45. The maximum atomic E-state index is 13.5. The number of rotatable bonds is 3. The van der Waals surface area contributed by atoms with Gasteiger partial charge in [-0.2, -0.15) is 0 Å². The third kappa shape index (κ3) is 2.77. The molecule has 25 heavy (non-hydrogen) atoms. The van der Waals surface area contributed by atoms with E-state index in [9.17, 15) is 14.0 Å². The monoisotopic (exact) mass is 423 g/mol. The molecule has 1 aromatic carbocycles. The van der Waals surface area contributed by atoms with Gasteiger partial charge < -0.3 is 10.6 Å². The Labute approximate surface area is 156 Å². The molecule has 8 heteroatoms. The van der Waals surface area contributed by atoms with Gasteiger partial charge in [-0.3, -0.25) is 9.59 Å². The quantitative estimate of drug-likeness (QED) is 0.823. The molecule has 5 nitrogen and oxygen atoms in total. The van der Waals surface area contributed by atoms with Crippen LogP contribution in [0.5, 0.6) is 0 Å². The Morgan fingerprint density at radius 3 is 2.88 bits per heavy atom. The molecular formula is C17H15BrFN3O2S. The van der Waals surface area contributed by atoms with Gasteiger partial charge in [-0.1, -0.05) is 6.07 Å². The van der Waals surface area contributed by atoms with Gasteiger partial charge in [0.2, 0.25) is 5.91 Å². The van der Waals surface area contributed by atoms with Crippen LogP contribution < -0.4 is 5.73 Å². The predicted octanol–water partition coefficient (Wildman–Crippen LogP) is 2.97. The Morgan fingerprint density at radius 2 is 2.20 bits per heavy atom. The van der Waals surface area contributed by atoms with Gasteiger partial charge >= 0.3 is 0 Å². The van der Waals surface area contributed by atoms with Crippen LogP contribution in [0.15, 0.2) is 22.7 Å². The number of carbonyl (C=O) groups excluding carboxylic acids is 2. The number of aromatic nitrogens is 1. The van der Waals surface area contributed by atoms with Gasteiger partial charge in [0.05, 0.1) is 14.4 Å². The van der Waals surface area contributed by atoms with Crippen molar-refractivity contribution in [1.29, 1.82) is 0 Å². The molecule has 3 atom stereocenters. The summed E-state index contributed by atoms with van der Waals surface area (Å²) in [5, 5.41) is 0.735. The van der Waals surface area contributed by atoms with Crippen molar-refractivity contribution in [2.75, 3.05) is 6.54 Å². The summed E-state index contributed by atoms with van der Waals surface area (Å²) in [7, 11) is 0. The Bertz CT molecular complexity index is 900. The van der Waals surface area contributed by atoms with E-state index in [4.69, 9.17) is 5.73 Å². The molecule has 2 fully saturated rings. The number of fused-ring (bicyclic) bond motifs is 1. The summed E-state index contributed by atoms with van der Waals surface area (Å²) in [5.41, 5.74) is 6.52. The smallest absolute Gasteiger partial charge is 0.274 e. The minimum absolute atomic E-state index is 0.185. The zero-order valence-electron chi connectivity index (χ0n) is 13.3. The summed E-state index contributed by atoms with van der Waals surface area (Å²) in [4.78, 5) is 31.5. The first-order valence-electron chi connectivity index (χ1n) is 7.90. The van der Waals surface area contributed by atoms with Gasteiger partial charge in [-0.15, -0.1) is 11.3 Å². The molecule has 1 saturated carbocycles. The fourth-order valence-corrected chi connectivity index (χ4v) is 4.87. The Balaban J connectivity index is 1.72. The zero-order chi connectivity index (χ0) is 17.9. The number of primary amides is 1. The van der Waals surface area contributed by atoms with Crippen LogP contribution in [0.25, 0.3) is 10.4 Å². The lowest BCUT2D eigenvalue weighted by Crippen LogP contribution is -2.46. The van der Waals surface area contributed by atoms with Crippen molar-refractivity contribution in [1.82, 2.24) is 9.88 Å². The largest absolute Gasteiger partial charge is 0.368 e. The Kier molecular flexibility index (Phi) is 3.92. The second-order valence-electron chi connectivity index (χ2n) is 6.50. The van der Waals surface area contributed by atoms with E-state index < -0.39 is 11.9 Å². The van der Waals surface area contributed by atoms with E-state index in [0.29, 0.717) is 33.1 Å². The van der Waals surface area contributed by atoms with Crippen molar-refractivity contribution < 1.29 is 14.0 Å². The molecule has 130 valence electrons. The number of hydrogen-bond acceptors (Lipinski definition) is 4. The van der Waals surface area contributed by atoms with Crippen molar-refractivity contribution in [2.45, 2.75) is 19.4 Å². The number of amides is 2. The molecule has 0 bridgehead atoms.